The molecule has 5 rings (SSSR count). The van der Waals surface area contributed by atoms with Gasteiger partial charge in [-0.3, -0.25) is 9.59 Å². The first-order valence-electron chi connectivity index (χ1n) is 14.6. The first-order chi connectivity index (χ1) is 17.0. The summed E-state index contributed by atoms with van der Waals surface area (Å²) in [5, 5.41) is 12.2. The Hall–Kier alpha value is -0.810. The maximum absolute atomic E-state index is 13.5. The molecule has 0 radical (unpaired) electrons. The second kappa shape index (κ2) is 9.43. The lowest BCUT2D eigenvalue weighted by molar-refractivity contribution is -0.205. The largest absolute Gasteiger partial charge is 0.461 e. The van der Waals surface area contributed by atoms with E-state index in [1.54, 1.807) is 11.8 Å². The van der Waals surface area contributed by atoms with Crippen molar-refractivity contribution < 1.29 is 19.4 Å². The van der Waals surface area contributed by atoms with Crippen molar-refractivity contribution in [3.63, 3.8) is 0 Å². The van der Waals surface area contributed by atoms with E-state index in [9.17, 15) is 14.7 Å². The average Bonchev–Trinajstić information content (AvgIpc) is 3.28. The smallest absolute Gasteiger partial charge is 0.316 e. The van der Waals surface area contributed by atoms with Gasteiger partial charge in [-0.1, -0.05) is 40.7 Å². The highest BCUT2D eigenvalue weighted by molar-refractivity contribution is 8.00. The number of ketones is 1. The number of ether oxygens (including phenoxy) is 1. The van der Waals surface area contributed by atoms with Crippen molar-refractivity contribution >= 4 is 23.5 Å². The maximum Gasteiger partial charge on any atom is 0.316 e. The normalized spacial score (nSPS) is 52.3. The van der Waals surface area contributed by atoms with Crippen LogP contribution in [0.1, 0.15) is 92.4 Å². The van der Waals surface area contributed by atoms with Gasteiger partial charge in [-0.2, -0.15) is 0 Å². The van der Waals surface area contributed by atoms with Gasteiger partial charge in [-0.05, 0) is 86.4 Å². The van der Waals surface area contributed by atoms with Gasteiger partial charge in [0.15, 0.2) is 0 Å². The lowest BCUT2D eigenvalue weighted by atomic mass is 9.44. The van der Waals surface area contributed by atoms with Gasteiger partial charge in [0.1, 0.15) is 11.9 Å². The van der Waals surface area contributed by atoms with E-state index in [1.165, 1.54) is 25.7 Å². The van der Waals surface area contributed by atoms with Crippen molar-refractivity contribution in [3.8, 4) is 0 Å². The number of Topliss-reactive ketones (excluding diaryl/α,β-unsaturated/α-hetero) is 1. The number of thioether (sulfide) groups is 1. The molecule has 1 N–H and O–H groups in total. The number of hydrogen-bond acceptors (Lipinski definition) is 5. The van der Waals surface area contributed by atoms with E-state index in [0.717, 1.165) is 37.0 Å². The van der Waals surface area contributed by atoms with Gasteiger partial charge in [-0.15, -0.1) is 18.3 Å². The van der Waals surface area contributed by atoms with Gasteiger partial charge < -0.3 is 9.84 Å². The summed E-state index contributed by atoms with van der Waals surface area (Å²) in [6, 6.07) is 0. The molecule has 4 unspecified atom stereocenters. The Morgan fingerprint density at radius 1 is 1.14 bits per heavy atom. The van der Waals surface area contributed by atoms with E-state index in [-0.39, 0.29) is 29.1 Å². The third-order valence-electron chi connectivity index (χ3n) is 12.5. The van der Waals surface area contributed by atoms with Crippen LogP contribution in [0.3, 0.4) is 0 Å². The Morgan fingerprint density at radius 2 is 1.81 bits per heavy atom. The quantitative estimate of drug-likeness (QED) is 0.336. The summed E-state index contributed by atoms with van der Waals surface area (Å²) in [6.07, 6.45) is 9.92. The fourth-order valence-corrected chi connectivity index (χ4v) is 11.0. The zero-order valence-electron chi connectivity index (χ0n) is 23.1. The maximum atomic E-state index is 13.5. The molecule has 5 aliphatic carbocycles. The topological polar surface area (TPSA) is 63.6 Å². The molecule has 5 saturated carbocycles. The summed E-state index contributed by atoms with van der Waals surface area (Å²) in [6.45, 7) is 15.2. The minimum Gasteiger partial charge on any atom is -0.461 e. The second-order valence-electron chi connectivity index (χ2n) is 13.9. The molecule has 5 heteroatoms. The molecule has 4 bridgehead atoms. The SMILES string of the molecule is C=C[C@]1(C)C[C@@H](OC(=O)CSC2C[C@H]3CC[C@@H](C2)C3C)C2(C)[C@H](C)CCC3(CCC(=O)[C@H]32)[C@@H](C)[C@@H]1O. The van der Waals surface area contributed by atoms with Crippen LogP contribution in [-0.2, 0) is 14.3 Å². The molecule has 0 heterocycles. The average molecular weight is 517 g/mol. The van der Waals surface area contributed by atoms with E-state index >= 15 is 0 Å². The molecular formula is C31H48O4S. The zero-order chi connectivity index (χ0) is 26.0. The van der Waals surface area contributed by atoms with Crippen molar-refractivity contribution in [2.24, 2.45) is 51.8 Å². The second-order valence-corrected chi connectivity index (χ2v) is 15.2. The van der Waals surface area contributed by atoms with Crippen molar-refractivity contribution in [2.45, 2.75) is 110 Å². The predicted octanol–water partition coefficient (Wildman–Crippen LogP) is 6.45. The Kier molecular flexibility index (Phi) is 7.02. The molecule has 0 amide bonds. The lowest BCUT2D eigenvalue weighted by Crippen LogP contribution is -2.63. The number of rotatable bonds is 5. The van der Waals surface area contributed by atoms with Crippen LogP contribution < -0.4 is 0 Å². The Labute approximate surface area is 222 Å². The summed E-state index contributed by atoms with van der Waals surface area (Å²) in [5.41, 5.74) is -1.22. The van der Waals surface area contributed by atoms with Gasteiger partial charge in [0, 0.05) is 28.4 Å². The molecule has 36 heavy (non-hydrogen) atoms. The molecule has 0 aromatic heterocycles. The first-order valence-corrected chi connectivity index (χ1v) is 15.7. The highest BCUT2D eigenvalue weighted by Gasteiger charge is 2.68. The number of carbonyl (C=O) groups is 2. The van der Waals surface area contributed by atoms with Gasteiger partial charge >= 0.3 is 5.97 Å². The Bertz CT molecular complexity index is 889. The van der Waals surface area contributed by atoms with Gasteiger partial charge in [-0.25, -0.2) is 0 Å². The van der Waals surface area contributed by atoms with E-state index in [0.29, 0.717) is 29.6 Å². The standard InChI is InChI=1S/C31H48O4S/c1-7-29(5)16-25(35-26(33)17-36-23-14-21-8-9-22(15-23)19(21)3)30(6)18(2)10-12-31(20(4)28(29)34)13-11-24(32)27(30)31/h7,18-23,25,27-28,34H,1,8-17H2,2-6H3/t18-,19?,20+,21-,22+,23?,25-,27+,28+,29-,30?,31?/m1/s1. The predicted molar refractivity (Wildman–Crippen MR) is 145 cm³/mol. The Balaban J connectivity index is 1.39. The third-order valence-corrected chi connectivity index (χ3v) is 13.8. The summed E-state index contributed by atoms with van der Waals surface area (Å²) in [5.74, 6) is 3.14. The number of aliphatic hydroxyl groups is 1. The molecule has 12 atom stereocenters. The molecule has 0 spiro atoms. The van der Waals surface area contributed by atoms with Crippen LogP contribution in [0.15, 0.2) is 12.7 Å². The lowest BCUT2D eigenvalue weighted by Gasteiger charge is -2.61. The first kappa shape index (κ1) is 26.8. The van der Waals surface area contributed by atoms with E-state index in [4.69, 9.17) is 4.74 Å². The van der Waals surface area contributed by atoms with E-state index in [2.05, 4.69) is 41.2 Å². The van der Waals surface area contributed by atoms with Crippen LogP contribution in [0.4, 0.5) is 0 Å². The number of esters is 1. The molecular weight excluding hydrogens is 468 g/mol. The summed E-state index contributed by atoms with van der Waals surface area (Å²) >= 11 is 1.79. The highest BCUT2D eigenvalue weighted by atomic mass is 32.2. The van der Waals surface area contributed by atoms with Crippen LogP contribution >= 0.6 is 11.8 Å². The number of aliphatic hydroxyl groups excluding tert-OH is 1. The molecule has 0 aromatic carbocycles. The number of fused-ring (bicyclic) bond motifs is 2. The third kappa shape index (κ3) is 3.96. The van der Waals surface area contributed by atoms with E-state index in [1.807, 2.05) is 6.08 Å². The molecule has 5 aliphatic rings. The number of carbonyl (C=O) groups excluding carboxylic acids is 2. The summed E-state index contributed by atoms with van der Waals surface area (Å²) in [7, 11) is 0. The molecule has 0 saturated heterocycles. The summed E-state index contributed by atoms with van der Waals surface area (Å²) in [4.78, 5) is 26.9. The van der Waals surface area contributed by atoms with Crippen molar-refractivity contribution in [3.05, 3.63) is 12.7 Å². The molecule has 202 valence electrons. The minimum absolute atomic E-state index is 0.0000417. The highest BCUT2D eigenvalue weighted by Crippen LogP contribution is 2.68. The zero-order valence-corrected chi connectivity index (χ0v) is 23.9. The Morgan fingerprint density at radius 3 is 2.44 bits per heavy atom. The van der Waals surface area contributed by atoms with Crippen molar-refractivity contribution in [1.82, 2.24) is 0 Å². The van der Waals surface area contributed by atoms with Gasteiger partial charge in [0.2, 0.25) is 0 Å². The van der Waals surface area contributed by atoms with Crippen LogP contribution in [0.25, 0.3) is 0 Å². The fourth-order valence-electron chi connectivity index (χ4n) is 9.79. The van der Waals surface area contributed by atoms with E-state index < -0.39 is 23.0 Å². The summed E-state index contributed by atoms with van der Waals surface area (Å²) < 4.78 is 6.43. The minimum atomic E-state index is -0.614. The van der Waals surface area contributed by atoms with Crippen LogP contribution in [0.2, 0.25) is 0 Å². The monoisotopic (exact) mass is 516 g/mol. The number of hydrogen-bond donors (Lipinski definition) is 1. The van der Waals surface area contributed by atoms with Crippen molar-refractivity contribution in [2.75, 3.05) is 5.75 Å². The fraction of sp³-hybridized carbons (Fsp3) is 0.871. The van der Waals surface area contributed by atoms with Crippen LogP contribution in [0.5, 0.6) is 0 Å². The molecule has 0 aromatic rings. The molecule has 5 fully saturated rings. The van der Waals surface area contributed by atoms with Crippen molar-refractivity contribution in [1.29, 1.82) is 0 Å². The van der Waals surface area contributed by atoms with Gasteiger partial charge in [0.05, 0.1) is 11.9 Å². The van der Waals surface area contributed by atoms with Crippen LogP contribution in [-0.4, -0.2) is 40.1 Å². The molecule has 4 nitrogen and oxygen atoms in total. The van der Waals surface area contributed by atoms with Crippen LogP contribution in [0, 0.1) is 51.8 Å². The van der Waals surface area contributed by atoms with Gasteiger partial charge in [0.25, 0.3) is 0 Å². The molecule has 0 aliphatic heterocycles.